The Kier molecular flexibility index (Phi) is 5.09. The van der Waals surface area contributed by atoms with E-state index in [9.17, 15) is 4.79 Å². The summed E-state index contributed by atoms with van der Waals surface area (Å²) in [4.78, 5) is 16.9. The van der Waals surface area contributed by atoms with Crippen molar-refractivity contribution in [1.82, 2.24) is 14.9 Å². The summed E-state index contributed by atoms with van der Waals surface area (Å²) in [5, 5.41) is 3.06. The molecule has 4 nitrogen and oxygen atoms in total. The molecule has 1 heterocycles. The van der Waals surface area contributed by atoms with Crippen molar-refractivity contribution in [3.63, 3.8) is 0 Å². The fourth-order valence-electron chi connectivity index (χ4n) is 2.73. The minimum absolute atomic E-state index is 0.153. The van der Waals surface area contributed by atoms with Crippen molar-refractivity contribution in [1.29, 1.82) is 0 Å². The molecule has 2 aromatic carbocycles. The van der Waals surface area contributed by atoms with Gasteiger partial charge in [-0.1, -0.05) is 54.6 Å². The normalized spacial score (nSPS) is 12.2. The Morgan fingerprint density at radius 1 is 1.12 bits per heavy atom. The molecule has 1 atom stereocenters. The van der Waals surface area contributed by atoms with Gasteiger partial charge in [0.15, 0.2) is 0 Å². The number of carbonyl (C=O) groups is 1. The summed E-state index contributed by atoms with van der Waals surface area (Å²) in [6, 6.07) is 17.5. The van der Waals surface area contributed by atoms with Gasteiger partial charge in [-0.05, 0) is 29.7 Å². The number of aryl methyl sites for hydroxylation is 2. The Morgan fingerprint density at radius 3 is 2.52 bits per heavy atom. The first-order chi connectivity index (χ1) is 12.1. The molecule has 1 aromatic heterocycles. The van der Waals surface area contributed by atoms with Crippen LogP contribution in [0.3, 0.4) is 0 Å². The monoisotopic (exact) mass is 331 g/mol. The summed E-state index contributed by atoms with van der Waals surface area (Å²) < 4.78 is 1.92. The molecule has 1 N–H and O–H groups in total. The molecule has 25 heavy (non-hydrogen) atoms. The zero-order valence-electron chi connectivity index (χ0n) is 14.4. The summed E-state index contributed by atoms with van der Waals surface area (Å²) in [5.41, 5.74) is 3.16. The van der Waals surface area contributed by atoms with Crippen molar-refractivity contribution in [3.8, 4) is 0 Å². The Morgan fingerprint density at radius 2 is 1.84 bits per heavy atom. The third kappa shape index (κ3) is 4.04. The molecule has 4 heteroatoms. The fraction of sp³-hybridized carbons (Fsp3) is 0.143. The van der Waals surface area contributed by atoms with Gasteiger partial charge in [0.25, 0.3) is 0 Å². The van der Waals surface area contributed by atoms with Crippen molar-refractivity contribution < 1.29 is 4.79 Å². The molecule has 0 radical (unpaired) electrons. The summed E-state index contributed by atoms with van der Waals surface area (Å²) in [6.07, 6.45) is 7.02. The van der Waals surface area contributed by atoms with Crippen LogP contribution in [0.4, 0.5) is 0 Å². The lowest BCUT2D eigenvalue weighted by Crippen LogP contribution is -2.29. The van der Waals surface area contributed by atoms with Crippen LogP contribution in [0.5, 0.6) is 0 Å². The molecule has 0 saturated carbocycles. The second-order valence-electron chi connectivity index (χ2n) is 5.94. The fourth-order valence-corrected chi connectivity index (χ4v) is 2.73. The van der Waals surface area contributed by atoms with Crippen molar-refractivity contribution >= 4 is 12.0 Å². The van der Waals surface area contributed by atoms with Crippen molar-refractivity contribution in [2.24, 2.45) is 7.05 Å². The highest BCUT2D eigenvalue weighted by Gasteiger charge is 2.19. The third-order valence-electron chi connectivity index (χ3n) is 4.14. The SMILES string of the molecule is Cc1ccccc1/C=C/C(=O)N[C@@H](c1ccccc1)c1nccn1C. The van der Waals surface area contributed by atoms with E-state index in [0.717, 1.165) is 22.5 Å². The summed E-state index contributed by atoms with van der Waals surface area (Å²) >= 11 is 0. The highest BCUT2D eigenvalue weighted by Crippen LogP contribution is 2.20. The number of hydrogen-bond donors (Lipinski definition) is 1. The van der Waals surface area contributed by atoms with Crippen LogP contribution < -0.4 is 5.32 Å². The Balaban J connectivity index is 1.82. The van der Waals surface area contributed by atoms with Crippen molar-refractivity contribution in [2.45, 2.75) is 13.0 Å². The maximum atomic E-state index is 12.5. The highest BCUT2D eigenvalue weighted by atomic mass is 16.1. The molecule has 0 spiro atoms. The molecule has 0 bridgehead atoms. The quantitative estimate of drug-likeness (QED) is 0.726. The lowest BCUT2D eigenvalue weighted by atomic mass is 10.1. The molecule has 126 valence electrons. The smallest absolute Gasteiger partial charge is 0.244 e. The van der Waals surface area contributed by atoms with Gasteiger partial charge in [0.2, 0.25) is 5.91 Å². The molecular weight excluding hydrogens is 310 g/mol. The molecule has 0 aliphatic carbocycles. The minimum atomic E-state index is -0.296. The van der Waals surface area contributed by atoms with Crippen LogP contribution in [-0.2, 0) is 11.8 Å². The van der Waals surface area contributed by atoms with Crippen LogP contribution >= 0.6 is 0 Å². The Hall–Kier alpha value is -3.14. The maximum absolute atomic E-state index is 12.5. The summed E-state index contributed by atoms with van der Waals surface area (Å²) in [7, 11) is 1.92. The highest BCUT2D eigenvalue weighted by molar-refractivity contribution is 5.92. The number of rotatable bonds is 5. The zero-order valence-corrected chi connectivity index (χ0v) is 14.4. The standard InChI is InChI=1S/C21H21N3O/c1-16-8-6-7-9-17(16)12-13-19(25)23-20(18-10-4-3-5-11-18)21-22-14-15-24(21)2/h3-15,20H,1-2H3,(H,23,25)/b13-12+/t20-/m0/s1. The van der Waals surface area contributed by atoms with Gasteiger partial charge in [0.05, 0.1) is 0 Å². The van der Waals surface area contributed by atoms with E-state index in [1.165, 1.54) is 0 Å². The zero-order chi connectivity index (χ0) is 17.6. The molecule has 1 amide bonds. The Bertz CT molecular complexity index is 881. The number of nitrogens with one attached hydrogen (secondary N) is 1. The molecule has 0 fully saturated rings. The first-order valence-corrected chi connectivity index (χ1v) is 8.21. The number of hydrogen-bond acceptors (Lipinski definition) is 2. The van der Waals surface area contributed by atoms with E-state index in [4.69, 9.17) is 0 Å². The van der Waals surface area contributed by atoms with Gasteiger partial charge >= 0.3 is 0 Å². The van der Waals surface area contributed by atoms with Gasteiger partial charge < -0.3 is 9.88 Å². The predicted molar refractivity (Wildman–Crippen MR) is 99.8 cm³/mol. The average molecular weight is 331 g/mol. The van der Waals surface area contributed by atoms with Gasteiger partial charge in [-0.2, -0.15) is 0 Å². The van der Waals surface area contributed by atoms with E-state index in [1.807, 2.05) is 85.4 Å². The summed E-state index contributed by atoms with van der Waals surface area (Å²) in [6.45, 7) is 2.03. The van der Waals surface area contributed by atoms with Gasteiger partial charge in [0.1, 0.15) is 11.9 Å². The van der Waals surface area contributed by atoms with Crippen LogP contribution in [0, 0.1) is 6.92 Å². The second kappa shape index (κ2) is 7.62. The summed E-state index contributed by atoms with van der Waals surface area (Å²) in [5.74, 6) is 0.643. The van der Waals surface area contributed by atoms with Crippen LogP contribution in [0.15, 0.2) is 73.1 Å². The second-order valence-corrected chi connectivity index (χ2v) is 5.94. The number of nitrogens with zero attached hydrogens (tertiary/aromatic N) is 2. The molecule has 0 aliphatic heterocycles. The molecule has 0 aliphatic rings. The van der Waals surface area contributed by atoms with Crippen LogP contribution in [0.1, 0.15) is 28.6 Å². The van der Waals surface area contributed by atoms with E-state index >= 15 is 0 Å². The van der Waals surface area contributed by atoms with Crippen molar-refractivity contribution in [3.05, 3.63) is 95.6 Å². The maximum Gasteiger partial charge on any atom is 0.244 e. The predicted octanol–water partition coefficient (Wildman–Crippen LogP) is 3.65. The molecule has 3 rings (SSSR count). The number of amides is 1. The van der Waals surface area contributed by atoms with Gasteiger partial charge in [-0.3, -0.25) is 4.79 Å². The van der Waals surface area contributed by atoms with Gasteiger partial charge in [-0.25, -0.2) is 4.98 Å². The minimum Gasteiger partial charge on any atom is -0.339 e. The number of imidazole rings is 1. The van der Waals surface area contributed by atoms with E-state index in [1.54, 1.807) is 12.3 Å². The lowest BCUT2D eigenvalue weighted by molar-refractivity contribution is -0.117. The molecule has 0 saturated heterocycles. The molecular formula is C21H21N3O. The van der Waals surface area contributed by atoms with Crippen LogP contribution in [0.25, 0.3) is 6.08 Å². The average Bonchev–Trinajstić information content (AvgIpc) is 3.05. The van der Waals surface area contributed by atoms with E-state index in [-0.39, 0.29) is 11.9 Å². The number of benzene rings is 2. The molecule has 3 aromatic rings. The Labute approximate surface area is 147 Å². The van der Waals surface area contributed by atoms with Gasteiger partial charge in [0, 0.05) is 25.5 Å². The first-order valence-electron chi connectivity index (χ1n) is 8.21. The van der Waals surface area contributed by atoms with E-state index in [0.29, 0.717) is 0 Å². The van der Waals surface area contributed by atoms with E-state index in [2.05, 4.69) is 10.3 Å². The van der Waals surface area contributed by atoms with Crippen LogP contribution in [-0.4, -0.2) is 15.5 Å². The third-order valence-corrected chi connectivity index (χ3v) is 4.14. The largest absolute Gasteiger partial charge is 0.339 e. The van der Waals surface area contributed by atoms with E-state index < -0.39 is 0 Å². The molecule has 0 unspecified atom stereocenters. The van der Waals surface area contributed by atoms with Crippen LogP contribution in [0.2, 0.25) is 0 Å². The van der Waals surface area contributed by atoms with Crippen molar-refractivity contribution in [2.75, 3.05) is 0 Å². The number of aromatic nitrogens is 2. The van der Waals surface area contributed by atoms with Gasteiger partial charge in [-0.15, -0.1) is 0 Å². The lowest BCUT2D eigenvalue weighted by Gasteiger charge is -2.18. The number of carbonyl (C=O) groups excluding carboxylic acids is 1. The first kappa shape index (κ1) is 16.7. The topological polar surface area (TPSA) is 46.9 Å².